The smallest absolute Gasteiger partial charge is 0.237 e. The lowest BCUT2D eigenvalue weighted by atomic mass is 10.1. The predicted octanol–water partition coefficient (Wildman–Crippen LogP) is 2.09. The molecule has 0 spiro atoms. The topological polar surface area (TPSA) is 65.1 Å². The van der Waals surface area contributed by atoms with Crippen molar-refractivity contribution in [2.75, 3.05) is 0 Å². The number of nitrogens with zero attached hydrogens (tertiary/aromatic N) is 1. The van der Waals surface area contributed by atoms with E-state index in [4.69, 9.17) is 5.73 Å². The van der Waals surface area contributed by atoms with Crippen molar-refractivity contribution in [3.8, 4) is 0 Å². The van der Waals surface area contributed by atoms with E-state index in [1.807, 2.05) is 18.2 Å². The van der Waals surface area contributed by atoms with Crippen LogP contribution in [0, 0.1) is 0 Å². The molecule has 4 nitrogen and oxygen atoms in total. The largest absolute Gasteiger partial charge is 0.368 e. The Labute approximate surface area is 107 Å². The Morgan fingerprint density at radius 2 is 2.12 bits per heavy atom. The molecule has 0 saturated carbocycles. The zero-order valence-corrected chi connectivity index (χ0v) is 10.8. The minimum absolute atomic E-state index is 0.0312. The van der Waals surface area contributed by atoms with Crippen molar-refractivity contribution >= 4 is 38.5 Å². The second kappa shape index (κ2) is 4.33. The first-order valence-corrected chi connectivity index (χ1v) is 5.86. The van der Waals surface area contributed by atoms with Gasteiger partial charge >= 0.3 is 0 Å². The molecule has 0 unspecified atom stereocenters. The van der Waals surface area contributed by atoms with Gasteiger partial charge in [-0.05, 0) is 25.1 Å². The third-order valence-electron chi connectivity index (χ3n) is 2.55. The lowest BCUT2D eigenvalue weighted by molar-refractivity contribution is -0.118. The van der Waals surface area contributed by atoms with Gasteiger partial charge in [0.25, 0.3) is 0 Å². The highest BCUT2D eigenvalue weighted by Crippen LogP contribution is 2.25. The molecule has 0 aliphatic rings. The Kier molecular flexibility index (Phi) is 3.02. The average molecular weight is 295 g/mol. The number of benzene rings is 1. The van der Waals surface area contributed by atoms with Gasteiger partial charge in [-0.25, -0.2) is 0 Å². The molecule has 0 fully saturated rings. The quantitative estimate of drug-likeness (QED) is 0.881. The van der Waals surface area contributed by atoms with Crippen molar-refractivity contribution in [3.63, 3.8) is 0 Å². The molecule has 0 saturated heterocycles. The lowest BCUT2D eigenvalue weighted by Gasteiger charge is -2.01. The summed E-state index contributed by atoms with van der Waals surface area (Å²) in [5.74, 6) is -0.462. The summed E-state index contributed by atoms with van der Waals surface area (Å²) in [6, 6.07) is 5.59. The van der Waals surface area contributed by atoms with Crippen molar-refractivity contribution in [2.45, 2.75) is 13.5 Å². The molecule has 0 aliphatic heterocycles. The Morgan fingerprint density at radius 1 is 1.41 bits per heavy atom. The molecule has 0 atom stereocenters. The van der Waals surface area contributed by atoms with Crippen molar-refractivity contribution in [2.24, 2.45) is 5.73 Å². The summed E-state index contributed by atoms with van der Waals surface area (Å²) in [5, 5.41) is 0.827. The Hall–Kier alpha value is -1.62. The minimum Gasteiger partial charge on any atom is -0.368 e. The average Bonchev–Trinajstić information content (AvgIpc) is 2.55. The lowest BCUT2D eigenvalue weighted by Crippen LogP contribution is -2.17. The highest BCUT2D eigenvalue weighted by atomic mass is 79.9. The summed E-state index contributed by atoms with van der Waals surface area (Å²) < 4.78 is 2.59. The molecule has 2 N–H and O–H groups in total. The molecule has 1 aromatic carbocycles. The van der Waals surface area contributed by atoms with Crippen LogP contribution in [0.5, 0.6) is 0 Å². The van der Waals surface area contributed by atoms with Crippen LogP contribution in [0.2, 0.25) is 0 Å². The van der Waals surface area contributed by atoms with Gasteiger partial charge in [-0.1, -0.05) is 15.9 Å². The number of ketones is 1. The standard InChI is InChI=1S/C12H11BrN2O2/c1-7(16)10-5-15(6-12(14)17)11-3-2-8(13)4-9(10)11/h2-5H,6H2,1H3,(H2,14,17). The Morgan fingerprint density at radius 3 is 2.71 bits per heavy atom. The molecule has 5 heteroatoms. The molecule has 2 rings (SSSR count). The van der Waals surface area contributed by atoms with E-state index in [1.165, 1.54) is 6.92 Å². The molecule has 1 aromatic heterocycles. The van der Waals surface area contributed by atoms with Gasteiger partial charge < -0.3 is 10.3 Å². The highest BCUT2D eigenvalue weighted by Gasteiger charge is 2.13. The molecule has 1 amide bonds. The van der Waals surface area contributed by atoms with E-state index in [2.05, 4.69) is 15.9 Å². The van der Waals surface area contributed by atoms with E-state index >= 15 is 0 Å². The van der Waals surface area contributed by atoms with Crippen LogP contribution in [0.15, 0.2) is 28.9 Å². The summed E-state index contributed by atoms with van der Waals surface area (Å²) >= 11 is 3.36. The summed E-state index contributed by atoms with van der Waals surface area (Å²) in [5.41, 5.74) is 6.61. The maximum atomic E-state index is 11.5. The first-order valence-electron chi connectivity index (χ1n) is 5.06. The van der Waals surface area contributed by atoms with Gasteiger partial charge in [-0.2, -0.15) is 0 Å². The normalized spacial score (nSPS) is 10.7. The molecule has 0 aliphatic carbocycles. The second-order valence-electron chi connectivity index (χ2n) is 3.85. The first-order chi connectivity index (χ1) is 7.99. The maximum Gasteiger partial charge on any atom is 0.237 e. The predicted molar refractivity (Wildman–Crippen MR) is 68.8 cm³/mol. The molecule has 88 valence electrons. The van der Waals surface area contributed by atoms with E-state index in [-0.39, 0.29) is 12.3 Å². The first kappa shape index (κ1) is 11.9. The number of halogens is 1. The van der Waals surface area contributed by atoms with E-state index in [0.29, 0.717) is 5.56 Å². The fourth-order valence-corrected chi connectivity index (χ4v) is 2.21. The van der Waals surface area contributed by atoms with E-state index in [0.717, 1.165) is 15.4 Å². The van der Waals surface area contributed by atoms with E-state index in [9.17, 15) is 9.59 Å². The SMILES string of the molecule is CC(=O)c1cn(CC(N)=O)c2ccc(Br)cc12. The third-order valence-corrected chi connectivity index (χ3v) is 3.04. The van der Waals surface area contributed by atoms with Crippen LogP contribution < -0.4 is 5.73 Å². The van der Waals surface area contributed by atoms with Crippen LogP contribution >= 0.6 is 15.9 Å². The number of aromatic nitrogens is 1. The number of nitrogens with two attached hydrogens (primary N) is 1. The highest BCUT2D eigenvalue weighted by molar-refractivity contribution is 9.10. The van der Waals surface area contributed by atoms with Crippen LogP contribution in [-0.2, 0) is 11.3 Å². The van der Waals surface area contributed by atoms with E-state index < -0.39 is 5.91 Å². The number of fused-ring (bicyclic) bond motifs is 1. The summed E-state index contributed by atoms with van der Waals surface area (Å²) in [7, 11) is 0. The van der Waals surface area contributed by atoms with Gasteiger partial charge in [0.15, 0.2) is 5.78 Å². The number of carbonyl (C=O) groups is 2. The van der Waals surface area contributed by atoms with Crippen molar-refractivity contribution in [3.05, 3.63) is 34.4 Å². The number of Topliss-reactive ketones (excluding diaryl/α,β-unsaturated/α-hetero) is 1. The van der Waals surface area contributed by atoms with Crippen LogP contribution in [0.4, 0.5) is 0 Å². The van der Waals surface area contributed by atoms with Gasteiger partial charge in [-0.3, -0.25) is 9.59 Å². The van der Waals surface area contributed by atoms with Crippen LogP contribution in [-0.4, -0.2) is 16.3 Å². The summed E-state index contributed by atoms with van der Waals surface area (Å²) in [4.78, 5) is 22.5. The molecule has 0 bridgehead atoms. The summed E-state index contributed by atoms with van der Waals surface area (Å²) in [6.45, 7) is 1.58. The Bertz CT molecular complexity index is 616. The number of hydrogen-bond acceptors (Lipinski definition) is 2. The van der Waals surface area contributed by atoms with Crippen molar-refractivity contribution < 1.29 is 9.59 Å². The monoisotopic (exact) mass is 294 g/mol. The van der Waals surface area contributed by atoms with Crippen molar-refractivity contribution in [1.82, 2.24) is 4.57 Å². The molecule has 0 radical (unpaired) electrons. The van der Waals surface area contributed by atoms with E-state index in [1.54, 1.807) is 10.8 Å². The third kappa shape index (κ3) is 2.24. The van der Waals surface area contributed by atoms with Crippen LogP contribution in [0.3, 0.4) is 0 Å². The molecular weight excluding hydrogens is 284 g/mol. The number of carbonyl (C=O) groups excluding carboxylic acids is 2. The molecular formula is C12H11BrN2O2. The van der Waals surface area contributed by atoms with Crippen LogP contribution in [0.25, 0.3) is 10.9 Å². The maximum absolute atomic E-state index is 11.5. The van der Waals surface area contributed by atoms with Gasteiger partial charge in [0, 0.05) is 27.1 Å². The zero-order chi connectivity index (χ0) is 12.6. The van der Waals surface area contributed by atoms with Gasteiger partial charge in [-0.15, -0.1) is 0 Å². The zero-order valence-electron chi connectivity index (χ0n) is 9.24. The van der Waals surface area contributed by atoms with Crippen LogP contribution in [0.1, 0.15) is 17.3 Å². The van der Waals surface area contributed by atoms with Gasteiger partial charge in [0.05, 0.1) is 0 Å². The number of primary amides is 1. The second-order valence-corrected chi connectivity index (χ2v) is 4.77. The van der Waals surface area contributed by atoms with Gasteiger partial charge in [0.2, 0.25) is 5.91 Å². The van der Waals surface area contributed by atoms with Crippen molar-refractivity contribution in [1.29, 1.82) is 0 Å². The number of rotatable bonds is 3. The fraction of sp³-hybridized carbons (Fsp3) is 0.167. The number of amides is 1. The molecule has 1 heterocycles. The Balaban J connectivity index is 2.70. The minimum atomic E-state index is -0.431. The summed E-state index contributed by atoms with van der Waals surface area (Å²) in [6.07, 6.45) is 1.67. The molecule has 2 aromatic rings. The molecule has 17 heavy (non-hydrogen) atoms. The van der Waals surface area contributed by atoms with Gasteiger partial charge in [0.1, 0.15) is 6.54 Å². The number of hydrogen-bond donors (Lipinski definition) is 1. The fourth-order valence-electron chi connectivity index (χ4n) is 1.85.